The molecule has 2 fully saturated rings. The maximum absolute atomic E-state index is 12.2. The van der Waals surface area contributed by atoms with E-state index in [1.54, 1.807) is 4.90 Å². The molecular weight excluding hydrogens is 294 g/mol. The van der Waals surface area contributed by atoms with Crippen LogP contribution in [0.1, 0.15) is 28.8 Å². The number of nitrogens with zero attached hydrogens (tertiary/aromatic N) is 1. The van der Waals surface area contributed by atoms with E-state index < -0.39 is 5.60 Å². The third-order valence-corrected chi connectivity index (χ3v) is 4.56. The number of carbonyl (C=O) groups excluding carboxylic acids is 1. The summed E-state index contributed by atoms with van der Waals surface area (Å²) in [5, 5.41) is 11.0. The zero-order chi connectivity index (χ0) is 12.8. The maximum atomic E-state index is 12.2. The second-order valence-corrected chi connectivity index (χ2v) is 5.93. The van der Waals surface area contributed by atoms with Gasteiger partial charge >= 0.3 is 0 Å². The van der Waals surface area contributed by atoms with Crippen molar-refractivity contribution in [1.29, 1.82) is 0 Å². The second-order valence-electron chi connectivity index (χ2n) is 5.37. The number of halogens is 1. The highest BCUT2D eigenvalue weighted by molar-refractivity contribution is 9.08. The third-order valence-electron chi connectivity index (χ3n) is 3.91. The smallest absolute Gasteiger partial charge is 0.254 e. The Morgan fingerprint density at radius 1 is 1.33 bits per heavy atom. The van der Waals surface area contributed by atoms with E-state index in [1.807, 2.05) is 24.3 Å². The van der Waals surface area contributed by atoms with Crippen LogP contribution in [-0.2, 0) is 5.33 Å². The summed E-state index contributed by atoms with van der Waals surface area (Å²) < 4.78 is 0. The van der Waals surface area contributed by atoms with Gasteiger partial charge in [0, 0.05) is 10.9 Å². The predicted octanol–water partition coefficient (Wildman–Crippen LogP) is 2.18. The number of amides is 1. The minimum atomic E-state index is -0.592. The van der Waals surface area contributed by atoms with Gasteiger partial charge in [0.15, 0.2) is 0 Å². The van der Waals surface area contributed by atoms with Crippen molar-refractivity contribution >= 4 is 21.8 Å². The Balaban J connectivity index is 1.64. The molecule has 1 N–H and O–H groups in total. The first-order valence-corrected chi connectivity index (χ1v) is 7.41. The van der Waals surface area contributed by atoms with Crippen molar-refractivity contribution in [1.82, 2.24) is 4.90 Å². The Bertz CT molecular complexity index is 461. The quantitative estimate of drug-likeness (QED) is 0.869. The van der Waals surface area contributed by atoms with Gasteiger partial charge < -0.3 is 10.0 Å². The van der Waals surface area contributed by atoms with Gasteiger partial charge in [-0.25, -0.2) is 0 Å². The monoisotopic (exact) mass is 309 g/mol. The highest BCUT2D eigenvalue weighted by Gasteiger charge is 2.53. The molecule has 2 aliphatic rings. The molecular formula is C14H16BrNO2. The van der Waals surface area contributed by atoms with Crippen LogP contribution >= 0.6 is 15.9 Å². The molecule has 18 heavy (non-hydrogen) atoms. The van der Waals surface area contributed by atoms with Gasteiger partial charge in [-0.1, -0.05) is 28.1 Å². The number of carbonyl (C=O) groups is 1. The first-order valence-electron chi connectivity index (χ1n) is 6.29. The van der Waals surface area contributed by atoms with E-state index in [9.17, 15) is 9.90 Å². The van der Waals surface area contributed by atoms with Crippen LogP contribution in [0.25, 0.3) is 0 Å². The number of hydrogen-bond donors (Lipinski definition) is 1. The van der Waals surface area contributed by atoms with E-state index in [0.29, 0.717) is 24.6 Å². The molecule has 0 radical (unpaired) electrons. The topological polar surface area (TPSA) is 40.5 Å². The third kappa shape index (κ3) is 2.08. The summed E-state index contributed by atoms with van der Waals surface area (Å²) in [5.74, 6) is 0.457. The van der Waals surface area contributed by atoms with Crippen LogP contribution in [0, 0.1) is 5.92 Å². The molecule has 3 nitrogen and oxygen atoms in total. The number of benzene rings is 1. The van der Waals surface area contributed by atoms with Gasteiger partial charge in [0.05, 0.1) is 13.1 Å². The molecule has 0 bridgehead atoms. The van der Waals surface area contributed by atoms with Crippen molar-refractivity contribution in [2.75, 3.05) is 13.1 Å². The predicted molar refractivity (Wildman–Crippen MR) is 72.7 cm³/mol. The molecule has 1 aliphatic heterocycles. The van der Waals surface area contributed by atoms with Gasteiger partial charge in [-0.2, -0.15) is 0 Å². The summed E-state index contributed by atoms with van der Waals surface area (Å²) in [4.78, 5) is 13.9. The van der Waals surface area contributed by atoms with Gasteiger partial charge in [-0.05, 0) is 36.5 Å². The van der Waals surface area contributed by atoms with Crippen molar-refractivity contribution in [2.45, 2.75) is 23.8 Å². The van der Waals surface area contributed by atoms with E-state index in [0.717, 1.165) is 23.7 Å². The van der Waals surface area contributed by atoms with Crippen molar-refractivity contribution in [3.05, 3.63) is 35.4 Å². The Hall–Kier alpha value is -0.870. The average Bonchev–Trinajstić information content (AvgIpc) is 3.19. The highest BCUT2D eigenvalue weighted by Crippen LogP contribution is 2.44. The summed E-state index contributed by atoms with van der Waals surface area (Å²) in [6.07, 6.45) is 2.22. The van der Waals surface area contributed by atoms with Crippen molar-refractivity contribution in [3.63, 3.8) is 0 Å². The van der Waals surface area contributed by atoms with E-state index in [4.69, 9.17) is 0 Å². The first kappa shape index (κ1) is 12.2. The van der Waals surface area contributed by atoms with Gasteiger partial charge in [0.2, 0.25) is 0 Å². The Morgan fingerprint density at radius 3 is 2.44 bits per heavy atom. The zero-order valence-electron chi connectivity index (χ0n) is 10.1. The lowest BCUT2D eigenvalue weighted by atomic mass is 9.88. The summed E-state index contributed by atoms with van der Waals surface area (Å²) in [5.41, 5.74) is 1.27. The molecule has 4 heteroatoms. The number of β-amino-alcohol motifs (C(OH)–C–C–N with tert-alkyl or cyclic N) is 1. The molecule has 0 atom stereocenters. The molecule has 3 rings (SSSR count). The van der Waals surface area contributed by atoms with Crippen molar-refractivity contribution in [2.24, 2.45) is 5.92 Å². The minimum absolute atomic E-state index is 0.0291. The van der Waals surface area contributed by atoms with Gasteiger partial charge in [-0.3, -0.25) is 4.79 Å². The molecule has 1 heterocycles. The van der Waals surface area contributed by atoms with E-state index in [-0.39, 0.29) is 5.91 Å². The highest BCUT2D eigenvalue weighted by atomic mass is 79.9. The fourth-order valence-corrected chi connectivity index (χ4v) is 2.93. The van der Waals surface area contributed by atoms with Crippen molar-refractivity contribution in [3.8, 4) is 0 Å². The Kier molecular flexibility index (Phi) is 2.94. The zero-order valence-corrected chi connectivity index (χ0v) is 11.7. The molecule has 1 saturated heterocycles. The lowest BCUT2D eigenvalue weighted by molar-refractivity contribution is -0.0958. The lowest BCUT2D eigenvalue weighted by Gasteiger charge is -2.47. The van der Waals surface area contributed by atoms with Crippen molar-refractivity contribution < 1.29 is 9.90 Å². The van der Waals surface area contributed by atoms with Crippen LogP contribution < -0.4 is 0 Å². The Morgan fingerprint density at radius 2 is 1.94 bits per heavy atom. The van der Waals surface area contributed by atoms with Crippen LogP contribution in [0.15, 0.2) is 24.3 Å². The molecule has 0 spiro atoms. The SMILES string of the molecule is O=C(c1ccc(CBr)cc1)N1CC(O)(C2CC2)C1. The number of alkyl halides is 1. The van der Waals surface area contributed by atoms with Gasteiger partial charge in [0.1, 0.15) is 5.60 Å². The maximum Gasteiger partial charge on any atom is 0.254 e. The number of likely N-dealkylation sites (tertiary alicyclic amines) is 1. The summed E-state index contributed by atoms with van der Waals surface area (Å²) in [6, 6.07) is 7.62. The summed E-state index contributed by atoms with van der Waals surface area (Å²) in [6.45, 7) is 0.993. The fourth-order valence-electron chi connectivity index (χ4n) is 2.56. The first-order chi connectivity index (χ1) is 8.62. The molecule has 96 valence electrons. The fraction of sp³-hybridized carbons (Fsp3) is 0.500. The summed E-state index contributed by atoms with van der Waals surface area (Å²) in [7, 11) is 0. The normalized spacial score (nSPS) is 21.6. The van der Waals surface area contributed by atoms with Gasteiger partial charge in [-0.15, -0.1) is 0 Å². The molecule has 0 aromatic heterocycles. The molecule has 1 aromatic carbocycles. The molecule has 1 amide bonds. The van der Waals surface area contributed by atoms with Crippen LogP contribution in [0.5, 0.6) is 0 Å². The lowest BCUT2D eigenvalue weighted by Crippen LogP contribution is -2.64. The van der Waals surface area contributed by atoms with Crippen LogP contribution in [-0.4, -0.2) is 34.6 Å². The number of rotatable bonds is 3. The minimum Gasteiger partial charge on any atom is -0.386 e. The van der Waals surface area contributed by atoms with E-state index in [2.05, 4.69) is 15.9 Å². The standard InChI is InChI=1S/C14H16BrNO2/c15-7-10-1-3-11(4-2-10)13(17)16-8-14(18,9-16)12-5-6-12/h1-4,12,18H,5-9H2. The number of hydrogen-bond acceptors (Lipinski definition) is 2. The van der Waals surface area contributed by atoms with Crippen LogP contribution in [0.3, 0.4) is 0 Å². The van der Waals surface area contributed by atoms with Crippen LogP contribution in [0.4, 0.5) is 0 Å². The summed E-state index contributed by atoms with van der Waals surface area (Å²) >= 11 is 3.38. The van der Waals surface area contributed by atoms with E-state index in [1.165, 1.54) is 0 Å². The molecule has 1 aromatic rings. The molecule has 1 aliphatic carbocycles. The largest absolute Gasteiger partial charge is 0.386 e. The Labute approximate surface area is 115 Å². The van der Waals surface area contributed by atoms with E-state index >= 15 is 0 Å². The molecule has 1 saturated carbocycles. The van der Waals surface area contributed by atoms with Crippen LogP contribution in [0.2, 0.25) is 0 Å². The molecule has 0 unspecified atom stereocenters. The number of aliphatic hydroxyl groups is 1. The average molecular weight is 310 g/mol. The van der Waals surface area contributed by atoms with Gasteiger partial charge in [0.25, 0.3) is 5.91 Å². The second kappa shape index (κ2) is 4.35.